The lowest BCUT2D eigenvalue weighted by molar-refractivity contribution is -0.395. The number of hydrogen-bond donors (Lipinski definition) is 0. The Morgan fingerprint density at radius 1 is 0.411 bits per heavy atom. The molecular formula is C30H8N8O18-2. The highest BCUT2D eigenvalue weighted by atomic mass is 16.7. The second-order valence-corrected chi connectivity index (χ2v) is 11.8. The van der Waals surface area contributed by atoms with Crippen molar-refractivity contribution in [2.24, 2.45) is 0 Å². The van der Waals surface area contributed by atoms with Gasteiger partial charge in [-0.05, 0) is 12.1 Å². The summed E-state index contributed by atoms with van der Waals surface area (Å²) in [4.78, 5) is 116. The van der Waals surface area contributed by atoms with E-state index in [1.165, 1.54) is 0 Å². The molecule has 0 saturated carbocycles. The van der Waals surface area contributed by atoms with E-state index < -0.39 is 161 Å². The van der Waals surface area contributed by atoms with Gasteiger partial charge in [0.1, 0.15) is 0 Å². The zero-order valence-corrected chi connectivity index (χ0v) is 26.5. The summed E-state index contributed by atoms with van der Waals surface area (Å²) >= 11 is 0. The third kappa shape index (κ3) is 4.76. The Morgan fingerprint density at radius 3 is 1.07 bits per heavy atom. The van der Waals surface area contributed by atoms with Crippen molar-refractivity contribution in [3.8, 4) is 11.1 Å². The van der Waals surface area contributed by atoms with Gasteiger partial charge in [-0.25, -0.2) is 0 Å². The minimum atomic E-state index is -1.47. The molecule has 278 valence electrons. The number of benzene rings is 4. The molecule has 0 aliphatic heterocycles. The number of fused-ring (bicyclic) bond motifs is 6. The Balaban J connectivity index is 1.84. The average molecular weight is 768 g/mol. The average Bonchev–Trinajstić information content (AvgIpc) is 3.62. The second-order valence-electron chi connectivity index (χ2n) is 11.8. The van der Waals surface area contributed by atoms with Crippen molar-refractivity contribution in [3.05, 3.63) is 177 Å². The highest BCUT2D eigenvalue weighted by Crippen LogP contribution is 2.54. The van der Waals surface area contributed by atoms with Crippen molar-refractivity contribution in [2.75, 3.05) is 0 Å². The van der Waals surface area contributed by atoms with E-state index in [1.54, 1.807) is 0 Å². The van der Waals surface area contributed by atoms with Crippen molar-refractivity contribution >= 4 is 72.6 Å². The van der Waals surface area contributed by atoms with Crippen LogP contribution in [0, 0.1) is 91.4 Å². The highest BCUT2D eigenvalue weighted by molar-refractivity contribution is 6.21. The Bertz CT molecular complexity index is 3070. The molecule has 26 nitrogen and oxygen atoms in total. The smallest absolute Gasteiger partial charge is 0.284 e. The molecule has 0 aromatic heterocycles. The second kappa shape index (κ2) is 11.7. The lowest BCUT2D eigenvalue weighted by Crippen LogP contribution is -2.51. The van der Waals surface area contributed by atoms with Gasteiger partial charge >= 0.3 is 0 Å². The molecule has 0 atom stereocenters. The fourth-order valence-electron chi connectivity index (χ4n) is 6.96. The van der Waals surface area contributed by atoms with E-state index in [2.05, 4.69) is 0 Å². The summed E-state index contributed by atoms with van der Waals surface area (Å²) < 4.78 is 0. The largest absolute Gasteiger partial charge is 0.288 e. The SMILES string of the molecule is O=c1c(=C2c3cc([N+](=O)[O-])cc([N+](=O)[O-])c3-c3c2cc([N+](=O)[O-])cc3[N+](=O)[O-])c(=O)c1=c1c2c[c-]([N+](=O)[O-])cc([N+](=O)[O-])c2c2c([N+](=O)[O-])c[c-]([N+](=O)[O-])cc12. The van der Waals surface area contributed by atoms with E-state index in [9.17, 15) is 90.5 Å². The molecule has 0 unspecified atom stereocenters. The van der Waals surface area contributed by atoms with Gasteiger partial charge in [-0.15, -0.1) is 16.0 Å². The topological polar surface area (TPSA) is 379 Å². The molecule has 0 spiro atoms. The predicted octanol–water partition coefficient (Wildman–Crippen LogP) is 4.09. The molecular weight excluding hydrogens is 760 g/mol. The summed E-state index contributed by atoms with van der Waals surface area (Å²) in [6.07, 6.45) is 0. The number of nitrogens with zero attached hydrogens (tertiary/aromatic N) is 8. The standard InChI is InChI=1S/C30H8N8O18/c39-29-27(21-13-1-9(31(41)42)5-17(35(49)50)23(13)24-14(21)2-10(32(43)44)6-18(24)36(51)52)30(40)28(29)22-15-3-11(33(45)46)7-19(37(53)54)25(15)26-16(22)4-12(34(47)48)8-20(26)38(55)56/h1-8H/q-2. The molecule has 1 aliphatic carbocycles. The van der Waals surface area contributed by atoms with Gasteiger partial charge in [0, 0.05) is 48.5 Å². The van der Waals surface area contributed by atoms with Crippen molar-refractivity contribution in [1.82, 2.24) is 0 Å². The third-order valence-electron chi connectivity index (χ3n) is 9.02. The van der Waals surface area contributed by atoms with Crippen LogP contribution in [0.15, 0.2) is 58.1 Å². The quantitative estimate of drug-likeness (QED) is 0.119. The van der Waals surface area contributed by atoms with Crippen LogP contribution in [0.25, 0.3) is 38.2 Å². The van der Waals surface area contributed by atoms with E-state index in [1.807, 2.05) is 0 Å². The van der Waals surface area contributed by atoms with Crippen molar-refractivity contribution in [3.63, 3.8) is 0 Å². The molecule has 6 aromatic carbocycles. The Hall–Kier alpha value is -9.10. The minimum absolute atomic E-state index is 0.408. The van der Waals surface area contributed by atoms with Gasteiger partial charge in [0.2, 0.25) is 0 Å². The molecule has 0 radical (unpaired) electrons. The molecule has 56 heavy (non-hydrogen) atoms. The maximum Gasteiger partial charge on any atom is 0.284 e. The molecule has 0 N–H and O–H groups in total. The summed E-state index contributed by atoms with van der Waals surface area (Å²) in [5.41, 5.74) is -15.4. The lowest BCUT2D eigenvalue weighted by Gasteiger charge is -2.09. The fraction of sp³-hybridized carbons (Fsp3) is 0. The van der Waals surface area contributed by atoms with E-state index in [-0.39, 0.29) is 0 Å². The number of rotatable bonds is 8. The van der Waals surface area contributed by atoms with E-state index in [0.29, 0.717) is 48.5 Å². The first-order chi connectivity index (χ1) is 26.3. The fourth-order valence-corrected chi connectivity index (χ4v) is 6.96. The van der Waals surface area contributed by atoms with Crippen molar-refractivity contribution < 1.29 is 39.4 Å². The molecule has 0 fully saturated rings. The van der Waals surface area contributed by atoms with Crippen LogP contribution in [0.2, 0.25) is 0 Å². The lowest BCUT2D eigenvalue weighted by atomic mass is 9.95. The molecule has 26 heteroatoms. The highest BCUT2D eigenvalue weighted by Gasteiger charge is 2.41. The number of nitro benzene ring substituents is 8. The van der Waals surface area contributed by atoms with E-state index >= 15 is 0 Å². The number of nitro groups is 8. The van der Waals surface area contributed by atoms with Crippen LogP contribution in [0.3, 0.4) is 0 Å². The Morgan fingerprint density at radius 2 is 0.768 bits per heavy atom. The third-order valence-corrected chi connectivity index (χ3v) is 9.02. The predicted molar refractivity (Wildman–Crippen MR) is 182 cm³/mol. The molecule has 0 amide bonds. The molecule has 0 saturated heterocycles. The van der Waals surface area contributed by atoms with Gasteiger partial charge in [-0.2, -0.15) is 0 Å². The van der Waals surface area contributed by atoms with Gasteiger partial charge in [0.05, 0.1) is 53.4 Å². The number of hydrogen-bond acceptors (Lipinski definition) is 18. The minimum Gasteiger partial charge on any atom is -0.288 e. The van der Waals surface area contributed by atoms with Crippen LogP contribution in [0.4, 0.5) is 45.5 Å². The van der Waals surface area contributed by atoms with Gasteiger partial charge < -0.3 is 0 Å². The van der Waals surface area contributed by atoms with Crippen molar-refractivity contribution in [2.45, 2.75) is 0 Å². The maximum absolute atomic E-state index is 14.3. The van der Waals surface area contributed by atoms with Crippen LogP contribution in [-0.4, -0.2) is 39.4 Å². The van der Waals surface area contributed by atoms with E-state index in [4.69, 9.17) is 0 Å². The summed E-state index contributed by atoms with van der Waals surface area (Å²) in [6, 6.07) is 4.04. The summed E-state index contributed by atoms with van der Waals surface area (Å²) in [7, 11) is 0. The van der Waals surface area contributed by atoms with E-state index in [0.717, 1.165) is 0 Å². The van der Waals surface area contributed by atoms with Gasteiger partial charge in [0.25, 0.3) is 22.7 Å². The number of non-ortho nitro benzene ring substituents is 6. The first kappa shape index (κ1) is 35.3. The Labute approximate surface area is 299 Å². The first-order valence-electron chi connectivity index (χ1n) is 14.7. The maximum atomic E-state index is 14.3. The zero-order chi connectivity index (χ0) is 41.0. The summed E-state index contributed by atoms with van der Waals surface area (Å²) in [5.74, 6) is 0. The zero-order valence-electron chi connectivity index (χ0n) is 26.5. The van der Waals surface area contributed by atoms with Crippen molar-refractivity contribution in [1.29, 1.82) is 0 Å². The van der Waals surface area contributed by atoms with Gasteiger partial charge in [-0.1, -0.05) is 22.9 Å². The normalized spacial score (nSPS) is 11.8. The summed E-state index contributed by atoms with van der Waals surface area (Å²) in [6.45, 7) is 0. The van der Waals surface area contributed by atoms with Crippen LogP contribution < -0.4 is 16.1 Å². The molecule has 1 aliphatic rings. The monoisotopic (exact) mass is 768 g/mol. The first-order valence-corrected chi connectivity index (χ1v) is 14.7. The Kier molecular flexibility index (Phi) is 7.38. The van der Waals surface area contributed by atoms with Crippen LogP contribution in [0.1, 0.15) is 11.1 Å². The molecule has 7 rings (SSSR count). The molecule has 0 bridgehead atoms. The van der Waals surface area contributed by atoms with Crippen LogP contribution in [0.5, 0.6) is 0 Å². The molecule has 6 aromatic rings. The molecule has 0 heterocycles. The van der Waals surface area contributed by atoms with Gasteiger partial charge in [-0.3, -0.25) is 90.5 Å². The van der Waals surface area contributed by atoms with Crippen LogP contribution >= 0.6 is 0 Å². The summed E-state index contributed by atoms with van der Waals surface area (Å²) in [5, 5.41) is 90.4. The van der Waals surface area contributed by atoms with Crippen LogP contribution in [-0.2, 0) is 0 Å². The van der Waals surface area contributed by atoms with Gasteiger partial charge in [0.15, 0.2) is 33.6 Å².